The van der Waals surface area contributed by atoms with Crippen molar-refractivity contribution in [3.8, 4) is 0 Å². The fourth-order valence-electron chi connectivity index (χ4n) is 2.39. The summed E-state index contributed by atoms with van der Waals surface area (Å²) in [5, 5.41) is 0.648. The summed E-state index contributed by atoms with van der Waals surface area (Å²) in [7, 11) is -4.85. The summed E-state index contributed by atoms with van der Waals surface area (Å²) in [6.07, 6.45) is 0.392. The van der Waals surface area contributed by atoms with E-state index in [1.807, 2.05) is 0 Å². The van der Waals surface area contributed by atoms with E-state index in [9.17, 15) is 22.8 Å². The first kappa shape index (κ1) is 19.3. The normalized spacial score (nSPS) is 24.0. The molecule has 2 aliphatic heterocycles. The molecule has 2 bridgehead atoms. The van der Waals surface area contributed by atoms with Crippen LogP contribution in [0.25, 0.3) is 5.84 Å². The van der Waals surface area contributed by atoms with Crippen molar-refractivity contribution in [2.45, 2.75) is 31.8 Å². The van der Waals surface area contributed by atoms with E-state index in [4.69, 9.17) is 10.4 Å². The predicted octanol–water partition coefficient (Wildman–Crippen LogP) is -3.66. The molecule has 2 aliphatic rings. The number of rotatable bonds is 3. The number of piperidine rings is 1. The second-order valence-electron chi connectivity index (χ2n) is 4.70. The number of urea groups is 1. The zero-order chi connectivity index (χ0) is 15.9. The van der Waals surface area contributed by atoms with Gasteiger partial charge in [0.25, 0.3) is 0 Å². The molecule has 2 heterocycles. The largest absolute Gasteiger partial charge is 1.00 e. The summed E-state index contributed by atoms with van der Waals surface area (Å²) in [6.45, 7) is 1.05. The van der Waals surface area contributed by atoms with Crippen molar-refractivity contribution in [2.75, 3.05) is 6.54 Å². The minimum Gasteiger partial charge on any atom is -0.574 e. The van der Waals surface area contributed by atoms with Crippen molar-refractivity contribution >= 4 is 28.2 Å². The van der Waals surface area contributed by atoms with Gasteiger partial charge in [-0.3, -0.25) is 14.1 Å². The average molecular weight is 344 g/mol. The zero-order valence-corrected chi connectivity index (χ0v) is 14.7. The van der Waals surface area contributed by atoms with E-state index in [1.165, 1.54) is 0 Å². The van der Waals surface area contributed by atoms with Gasteiger partial charge in [-0.05, 0) is 12.8 Å². The van der Waals surface area contributed by atoms with Crippen LogP contribution in [0.5, 0.6) is 0 Å². The van der Waals surface area contributed by atoms with Gasteiger partial charge < -0.3 is 15.8 Å². The van der Waals surface area contributed by atoms with Gasteiger partial charge in [-0.15, -0.1) is 4.28 Å². The number of carbonyl (C=O) groups excluding carboxylic acids is 3. The van der Waals surface area contributed by atoms with Gasteiger partial charge >= 0.3 is 46.0 Å². The van der Waals surface area contributed by atoms with Crippen LogP contribution in [0.3, 0.4) is 0 Å². The van der Waals surface area contributed by atoms with Crippen molar-refractivity contribution in [1.82, 2.24) is 15.0 Å². The van der Waals surface area contributed by atoms with Gasteiger partial charge in [-0.25, -0.2) is 4.79 Å². The van der Waals surface area contributed by atoms with E-state index in [-0.39, 0.29) is 54.0 Å². The first-order valence-electron chi connectivity index (χ1n) is 5.94. The maximum atomic E-state index is 12.0. The van der Waals surface area contributed by atoms with Gasteiger partial charge in [-0.1, -0.05) is 0 Å². The second kappa shape index (κ2) is 6.78. The Hall–Kier alpha value is -0.760. The van der Waals surface area contributed by atoms with Crippen molar-refractivity contribution in [3.05, 3.63) is 5.84 Å². The van der Waals surface area contributed by atoms with E-state index in [0.717, 1.165) is 11.8 Å². The Morgan fingerprint density at radius 3 is 2.50 bits per heavy atom. The second-order valence-corrected chi connectivity index (χ2v) is 5.71. The summed E-state index contributed by atoms with van der Waals surface area (Å²) in [5.74, 6) is 5.66. The molecule has 2 rings (SSSR count). The number of imide groups is 1. The first-order chi connectivity index (χ1) is 9.61. The minimum absolute atomic E-state index is 0. The molecule has 2 saturated heterocycles. The van der Waals surface area contributed by atoms with Gasteiger partial charge in [0.1, 0.15) is 6.04 Å². The van der Waals surface area contributed by atoms with Gasteiger partial charge in [0.2, 0.25) is 11.8 Å². The number of amides is 4. The fourth-order valence-corrected chi connectivity index (χ4v) is 2.78. The van der Waals surface area contributed by atoms with Gasteiger partial charge in [0, 0.05) is 13.5 Å². The maximum Gasteiger partial charge on any atom is 1.00 e. The number of fused-ring (bicyclic) bond motifs is 2. The smallest absolute Gasteiger partial charge is 0.574 e. The molecule has 0 radical (unpaired) electrons. The molecule has 118 valence electrons. The SMILES string of the molecule is CC(=O)N([NH-])C(=O)[C@@H]1CC[C@@H]2CN1C(=O)N2OS(=O)(=O)O.[Na+]. The molecule has 0 aliphatic carbocycles. The summed E-state index contributed by atoms with van der Waals surface area (Å²) < 4.78 is 34.2. The maximum absolute atomic E-state index is 12.0. The first-order valence-corrected chi connectivity index (χ1v) is 7.31. The quantitative estimate of drug-likeness (QED) is 0.315. The molecule has 0 aromatic carbocycles. The molecular weight excluding hydrogens is 331 g/mol. The van der Waals surface area contributed by atoms with Gasteiger partial charge in [-0.2, -0.15) is 13.5 Å². The number of hydroxylamine groups is 2. The van der Waals surface area contributed by atoms with E-state index in [1.54, 1.807) is 0 Å². The van der Waals surface area contributed by atoms with Crippen LogP contribution < -0.4 is 29.6 Å². The van der Waals surface area contributed by atoms with Crippen molar-refractivity contribution in [1.29, 1.82) is 0 Å². The molecule has 4 amide bonds. The van der Waals surface area contributed by atoms with E-state index in [2.05, 4.69) is 4.28 Å². The van der Waals surface area contributed by atoms with Crippen molar-refractivity contribution in [2.24, 2.45) is 0 Å². The number of nitrogens with one attached hydrogen (secondary N) is 1. The van der Waals surface area contributed by atoms with Crippen LogP contribution in [0.2, 0.25) is 0 Å². The minimum atomic E-state index is -4.85. The Morgan fingerprint density at radius 2 is 2.00 bits per heavy atom. The third kappa shape index (κ3) is 3.76. The molecule has 0 unspecified atom stereocenters. The Labute approximate surface area is 148 Å². The van der Waals surface area contributed by atoms with Gasteiger partial charge in [0.05, 0.1) is 6.04 Å². The van der Waals surface area contributed by atoms with Crippen LogP contribution in [-0.4, -0.2) is 64.4 Å². The Bertz CT molecular complexity index is 597. The van der Waals surface area contributed by atoms with E-state index >= 15 is 0 Å². The zero-order valence-electron chi connectivity index (χ0n) is 11.9. The molecule has 0 saturated carbocycles. The number of hydrogen-bond acceptors (Lipinski definition) is 6. The molecular formula is C9H13N4NaO7S. The standard InChI is InChI=1S/C9H13N4O7S.Na/c1-5(14)12(10)8(15)7-3-2-6-4-11(7)9(16)13(6)20-21(17,18)19;/h6-7,10H,2-4H2,1H3,(H,17,18,19);/q-1;+1/t6-,7+;/m1./s1. The molecule has 2 atom stereocenters. The number of carbonyl (C=O) groups is 3. The summed E-state index contributed by atoms with van der Waals surface area (Å²) >= 11 is 0. The third-order valence-electron chi connectivity index (χ3n) is 3.32. The predicted molar refractivity (Wildman–Crippen MR) is 65.2 cm³/mol. The Morgan fingerprint density at radius 1 is 1.41 bits per heavy atom. The van der Waals surface area contributed by atoms with Crippen molar-refractivity contribution < 1.29 is 61.2 Å². The van der Waals surface area contributed by atoms with Gasteiger partial charge in [0.15, 0.2) is 0 Å². The van der Waals surface area contributed by atoms with Crippen LogP contribution in [0.15, 0.2) is 0 Å². The third-order valence-corrected chi connectivity index (χ3v) is 3.67. The van der Waals surface area contributed by atoms with Crippen LogP contribution >= 0.6 is 0 Å². The van der Waals surface area contributed by atoms with Crippen molar-refractivity contribution in [3.63, 3.8) is 0 Å². The monoisotopic (exact) mass is 344 g/mol. The molecule has 0 aromatic rings. The Balaban J connectivity index is 0.00000242. The topological polar surface area (TPSA) is 148 Å². The Kier molecular flexibility index (Phi) is 5.94. The average Bonchev–Trinajstić information content (AvgIpc) is 2.61. The van der Waals surface area contributed by atoms with Crippen LogP contribution in [0.4, 0.5) is 4.79 Å². The summed E-state index contributed by atoms with van der Waals surface area (Å²) in [6, 6.07) is -2.57. The van der Waals surface area contributed by atoms with Crippen LogP contribution in [0.1, 0.15) is 19.8 Å². The summed E-state index contributed by atoms with van der Waals surface area (Å²) in [5.41, 5.74) is 0. The molecule has 2 fully saturated rings. The molecule has 11 nitrogen and oxygen atoms in total. The molecule has 22 heavy (non-hydrogen) atoms. The van der Waals surface area contributed by atoms with E-state index < -0.39 is 40.3 Å². The van der Waals surface area contributed by atoms with E-state index in [0.29, 0.717) is 5.06 Å². The molecule has 0 spiro atoms. The fraction of sp³-hybridized carbons (Fsp3) is 0.667. The van der Waals surface area contributed by atoms with Crippen LogP contribution in [0, 0.1) is 0 Å². The number of nitrogens with zero attached hydrogens (tertiary/aromatic N) is 3. The van der Waals surface area contributed by atoms with Crippen LogP contribution in [-0.2, 0) is 24.3 Å². The summed E-state index contributed by atoms with van der Waals surface area (Å²) in [4.78, 5) is 36.0. The molecule has 0 aromatic heterocycles. The number of hydrogen-bond donors (Lipinski definition) is 1. The molecule has 2 N–H and O–H groups in total. The molecule has 13 heteroatoms.